The lowest BCUT2D eigenvalue weighted by atomic mass is 10.1. The molecule has 0 bridgehead atoms. The number of aryl methyl sites for hydroxylation is 2. The maximum absolute atomic E-state index is 11.1. The largest absolute Gasteiger partial charge is 0.469 e. The summed E-state index contributed by atoms with van der Waals surface area (Å²) in [5, 5.41) is 3.32. The molecule has 94 valence electrons. The van der Waals surface area contributed by atoms with Crippen LogP contribution in [0, 0.1) is 13.8 Å². The molecule has 3 nitrogen and oxygen atoms in total. The van der Waals surface area contributed by atoms with Crippen molar-refractivity contribution in [2.75, 3.05) is 7.11 Å². The standard InChI is InChI=1S/C14H21NO2/c1-10-5-11(2)7-13(6-10)9-15-12(3)8-14(16)17-4/h5-7,12,15H,8-9H2,1-4H3. The molecule has 1 aromatic rings. The Labute approximate surface area is 103 Å². The number of nitrogens with one attached hydrogen (secondary N) is 1. The summed E-state index contributed by atoms with van der Waals surface area (Å²) in [6.45, 7) is 6.95. The van der Waals surface area contributed by atoms with Gasteiger partial charge in [-0.25, -0.2) is 0 Å². The summed E-state index contributed by atoms with van der Waals surface area (Å²) in [6, 6.07) is 6.60. The number of carbonyl (C=O) groups is 1. The van der Waals surface area contributed by atoms with Gasteiger partial charge in [-0.3, -0.25) is 4.79 Å². The fraction of sp³-hybridized carbons (Fsp3) is 0.500. The molecule has 0 saturated carbocycles. The molecule has 17 heavy (non-hydrogen) atoms. The van der Waals surface area contributed by atoms with E-state index in [1.54, 1.807) is 0 Å². The van der Waals surface area contributed by atoms with Crippen molar-refractivity contribution in [3.8, 4) is 0 Å². The van der Waals surface area contributed by atoms with Crippen molar-refractivity contribution in [3.63, 3.8) is 0 Å². The predicted molar refractivity (Wildman–Crippen MR) is 68.9 cm³/mol. The van der Waals surface area contributed by atoms with Gasteiger partial charge in [-0.1, -0.05) is 29.3 Å². The van der Waals surface area contributed by atoms with Crippen molar-refractivity contribution in [1.82, 2.24) is 5.32 Å². The van der Waals surface area contributed by atoms with Gasteiger partial charge in [0, 0.05) is 12.6 Å². The van der Waals surface area contributed by atoms with Crippen LogP contribution in [0.15, 0.2) is 18.2 Å². The van der Waals surface area contributed by atoms with E-state index < -0.39 is 0 Å². The molecule has 1 rings (SSSR count). The number of rotatable bonds is 5. The highest BCUT2D eigenvalue weighted by Gasteiger charge is 2.08. The van der Waals surface area contributed by atoms with E-state index in [1.165, 1.54) is 23.8 Å². The lowest BCUT2D eigenvalue weighted by molar-refractivity contribution is -0.141. The van der Waals surface area contributed by atoms with Gasteiger partial charge in [0.2, 0.25) is 0 Å². The Balaban J connectivity index is 2.47. The highest BCUT2D eigenvalue weighted by atomic mass is 16.5. The van der Waals surface area contributed by atoms with Gasteiger partial charge in [-0.15, -0.1) is 0 Å². The molecular formula is C14H21NO2. The van der Waals surface area contributed by atoms with E-state index >= 15 is 0 Å². The Kier molecular flexibility index (Phi) is 5.16. The predicted octanol–water partition coefficient (Wildman–Crippen LogP) is 2.34. The number of hydrogen-bond donors (Lipinski definition) is 1. The van der Waals surface area contributed by atoms with Crippen LogP contribution in [-0.4, -0.2) is 19.1 Å². The van der Waals surface area contributed by atoms with E-state index in [0.29, 0.717) is 6.42 Å². The van der Waals surface area contributed by atoms with Crippen LogP contribution in [-0.2, 0) is 16.1 Å². The van der Waals surface area contributed by atoms with E-state index in [1.807, 2.05) is 6.92 Å². The summed E-state index contributed by atoms with van der Waals surface area (Å²) in [7, 11) is 1.42. The average molecular weight is 235 g/mol. The van der Waals surface area contributed by atoms with Crippen LogP contribution in [0.3, 0.4) is 0 Å². The summed E-state index contributed by atoms with van der Waals surface area (Å²) in [6.07, 6.45) is 0.404. The molecule has 0 amide bonds. The lowest BCUT2D eigenvalue weighted by Gasteiger charge is -2.13. The molecule has 1 atom stereocenters. The molecule has 0 aliphatic heterocycles. The first-order valence-electron chi connectivity index (χ1n) is 5.88. The Bertz CT molecular complexity index is 368. The molecule has 1 N–H and O–H groups in total. The molecular weight excluding hydrogens is 214 g/mol. The van der Waals surface area contributed by atoms with Gasteiger partial charge in [0.15, 0.2) is 0 Å². The quantitative estimate of drug-likeness (QED) is 0.796. The first-order chi connectivity index (χ1) is 8.01. The smallest absolute Gasteiger partial charge is 0.307 e. The zero-order chi connectivity index (χ0) is 12.8. The SMILES string of the molecule is COC(=O)CC(C)NCc1cc(C)cc(C)c1. The van der Waals surface area contributed by atoms with E-state index in [-0.39, 0.29) is 12.0 Å². The minimum Gasteiger partial charge on any atom is -0.469 e. The number of ether oxygens (including phenoxy) is 1. The monoisotopic (exact) mass is 235 g/mol. The summed E-state index contributed by atoms with van der Waals surface area (Å²) >= 11 is 0. The van der Waals surface area contributed by atoms with Crippen LogP contribution in [0.1, 0.15) is 30.0 Å². The molecule has 0 aromatic heterocycles. The molecule has 0 aliphatic carbocycles. The number of benzene rings is 1. The normalized spacial score (nSPS) is 12.2. The fourth-order valence-electron chi connectivity index (χ4n) is 1.87. The number of hydrogen-bond acceptors (Lipinski definition) is 3. The topological polar surface area (TPSA) is 38.3 Å². The minimum atomic E-state index is -0.176. The van der Waals surface area contributed by atoms with Crippen LogP contribution in [0.25, 0.3) is 0 Å². The maximum Gasteiger partial charge on any atom is 0.307 e. The summed E-state index contributed by atoms with van der Waals surface area (Å²) in [5.41, 5.74) is 3.78. The summed E-state index contributed by atoms with van der Waals surface area (Å²) in [4.78, 5) is 11.1. The van der Waals surface area contributed by atoms with Crippen LogP contribution in [0.2, 0.25) is 0 Å². The van der Waals surface area contributed by atoms with Gasteiger partial charge < -0.3 is 10.1 Å². The zero-order valence-corrected chi connectivity index (χ0v) is 11.0. The van der Waals surface area contributed by atoms with E-state index in [9.17, 15) is 4.79 Å². The highest BCUT2D eigenvalue weighted by molar-refractivity contribution is 5.69. The molecule has 0 aliphatic rings. The van der Waals surface area contributed by atoms with Gasteiger partial charge in [0.05, 0.1) is 13.5 Å². The Hall–Kier alpha value is -1.35. The van der Waals surface area contributed by atoms with Crippen molar-refractivity contribution in [3.05, 3.63) is 34.9 Å². The van der Waals surface area contributed by atoms with Gasteiger partial charge in [0.25, 0.3) is 0 Å². The van der Waals surface area contributed by atoms with Gasteiger partial charge in [0.1, 0.15) is 0 Å². The summed E-state index contributed by atoms with van der Waals surface area (Å²) < 4.78 is 4.63. The van der Waals surface area contributed by atoms with Crippen molar-refractivity contribution in [2.24, 2.45) is 0 Å². The second-order valence-corrected chi connectivity index (χ2v) is 4.56. The third kappa shape index (κ3) is 5.00. The molecule has 0 spiro atoms. The Morgan fingerprint density at radius 1 is 1.29 bits per heavy atom. The first-order valence-corrected chi connectivity index (χ1v) is 5.88. The average Bonchev–Trinajstić information content (AvgIpc) is 2.25. The van der Waals surface area contributed by atoms with E-state index in [4.69, 9.17) is 0 Å². The van der Waals surface area contributed by atoms with Gasteiger partial charge >= 0.3 is 5.97 Å². The molecule has 0 heterocycles. The fourth-order valence-corrected chi connectivity index (χ4v) is 1.87. The van der Waals surface area contributed by atoms with Gasteiger partial charge in [-0.05, 0) is 26.3 Å². The first kappa shape index (κ1) is 13.7. The van der Waals surface area contributed by atoms with Crippen molar-refractivity contribution >= 4 is 5.97 Å². The lowest BCUT2D eigenvalue weighted by Crippen LogP contribution is -2.28. The molecule has 0 saturated heterocycles. The highest BCUT2D eigenvalue weighted by Crippen LogP contribution is 2.09. The third-order valence-corrected chi connectivity index (χ3v) is 2.64. The zero-order valence-electron chi connectivity index (χ0n) is 11.0. The van der Waals surface area contributed by atoms with Crippen LogP contribution < -0.4 is 5.32 Å². The minimum absolute atomic E-state index is 0.128. The van der Waals surface area contributed by atoms with Crippen molar-refractivity contribution < 1.29 is 9.53 Å². The molecule has 0 fully saturated rings. The Morgan fingerprint density at radius 2 is 1.88 bits per heavy atom. The van der Waals surface area contributed by atoms with Crippen LogP contribution >= 0.6 is 0 Å². The number of esters is 1. The van der Waals surface area contributed by atoms with Crippen molar-refractivity contribution in [2.45, 2.75) is 39.8 Å². The van der Waals surface area contributed by atoms with Crippen LogP contribution in [0.5, 0.6) is 0 Å². The van der Waals surface area contributed by atoms with Crippen molar-refractivity contribution in [1.29, 1.82) is 0 Å². The number of carbonyl (C=O) groups excluding carboxylic acids is 1. The van der Waals surface area contributed by atoms with E-state index in [2.05, 4.69) is 42.1 Å². The second kappa shape index (κ2) is 6.40. The molecule has 1 aromatic carbocycles. The van der Waals surface area contributed by atoms with Crippen LogP contribution in [0.4, 0.5) is 0 Å². The Morgan fingerprint density at radius 3 is 2.41 bits per heavy atom. The molecule has 0 radical (unpaired) electrons. The van der Waals surface area contributed by atoms with Gasteiger partial charge in [-0.2, -0.15) is 0 Å². The van der Waals surface area contributed by atoms with E-state index in [0.717, 1.165) is 6.54 Å². The third-order valence-electron chi connectivity index (χ3n) is 2.64. The second-order valence-electron chi connectivity index (χ2n) is 4.56. The molecule has 1 unspecified atom stereocenters. The maximum atomic E-state index is 11.1. The molecule has 3 heteroatoms. The summed E-state index contributed by atoms with van der Waals surface area (Å²) in [5.74, 6) is -0.176. The number of methoxy groups -OCH3 is 1.